The lowest BCUT2D eigenvalue weighted by atomic mass is 9.84. The summed E-state index contributed by atoms with van der Waals surface area (Å²) in [5.74, 6) is 0.138. The molecule has 1 unspecified atom stereocenters. The molecule has 0 heterocycles. The molecule has 0 aliphatic carbocycles. The molecule has 2 N–H and O–H groups in total. The van der Waals surface area contributed by atoms with Crippen LogP contribution in [0, 0.1) is 16.7 Å². The summed E-state index contributed by atoms with van der Waals surface area (Å²) in [6, 6.07) is 2.57. The van der Waals surface area contributed by atoms with E-state index in [0.717, 1.165) is 38.5 Å². The van der Waals surface area contributed by atoms with Crippen molar-refractivity contribution >= 4 is 11.8 Å². The van der Waals surface area contributed by atoms with Gasteiger partial charge in [0.1, 0.15) is 0 Å². The van der Waals surface area contributed by atoms with Crippen LogP contribution in [0.5, 0.6) is 0 Å². The second kappa shape index (κ2) is 12.8. The Labute approximate surface area is 147 Å². The summed E-state index contributed by atoms with van der Waals surface area (Å²) in [5, 5.41) is 15.0. The molecule has 0 radical (unpaired) electrons. The van der Waals surface area contributed by atoms with Gasteiger partial charge in [-0.3, -0.25) is 9.59 Å². The van der Waals surface area contributed by atoms with Gasteiger partial charge < -0.3 is 10.6 Å². The lowest BCUT2D eigenvalue weighted by molar-refractivity contribution is -0.122. The molecular weight excluding hydrogens is 302 g/mol. The normalized spacial score (nSPS) is 13.2. The van der Waals surface area contributed by atoms with Crippen LogP contribution in [-0.4, -0.2) is 24.4 Å². The van der Waals surface area contributed by atoms with Crippen LogP contribution >= 0.6 is 0 Å². The van der Waals surface area contributed by atoms with E-state index in [1.165, 1.54) is 0 Å². The van der Waals surface area contributed by atoms with E-state index >= 15 is 0 Å². The van der Waals surface area contributed by atoms with Gasteiger partial charge in [-0.1, -0.05) is 27.2 Å². The quantitative estimate of drug-likeness (QED) is 0.503. The first kappa shape index (κ1) is 22.4. The van der Waals surface area contributed by atoms with Crippen LogP contribution in [0.15, 0.2) is 0 Å². The van der Waals surface area contributed by atoms with Gasteiger partial charge in [-0.25, -0.2) is 0 Å². The highest BCUT2D eigenvalue weighted by molar-refractivity contribution is 5.76. The highest BCUT2D eigenvalue weighted by Gasteiger charge is 2.22. The maximum atomic E-state index is 11.8. The molecule has 2 amide bonds. The van der Waals surface area contributed by atoms with Gasteiger partial charge in [-0.2, -0.15) is 5.26 Å². The zero-order valence-electron chi connectivity index (χ0n) is 15.9. The standard InChI is InChI=1S/C19H35N3O2/c1-5-16(6-2)22-18(24)11-9-8-10-14-21-17(23)12-13-19(4,7-3)15-20/h16H,5-14H2,1-4H3,(H,21,23)(H,22,24). The molecule has 0 aromatic heterocycles. The number of carbonyl (C=O) groups is 2. The largest absolute Gasteiger partial charge is 0.356 e. The molecule has 24 heavy (non-hydrogen) atoms. The minimum absolute atomic E-state index is 0.0106. The molecular formula is C19H35N3O2. The first-order chi connectivity index (χ1) is 11.4. The van der Waals surface area contributed by atoms with Crippen LogP contribution in [-0.2, 0) is 9.59 Å². The van der Waals surface area contributed by atoms with Gasteiger partial charge in [-0.05, 0) is 45.4 Å². The van der Waals surface area contributed by atoms with E-state index < -0.39 is 5.41 Å². The van der Waals surface area contributed by atoms with Crippen molar-refractivity contribution in [3.63, 3.8) is 0 Å². The van der Waals surface area contributed by atoms with Crippen molar-refractivity contribution in [2.45, 2.75) is 91.5 Å². The maximum Gasteiger partial charge on any atom is 0.220 e. The Balaban J connectivity index is 3.68. The topological polar surface area (TPSA) is 82.0 Å². The number of rotatable bonds is 13. The number of hydrogen-bond acceptors (Lipinski definition) is 3. The van der Waals surface area contributed by atoms with Crippen LogP contribution < -0.4 is 10.6 Å². The zero-order chi connectivity index (χ0) is 18.4. The molecule has 5 heteroatoms. The summed E-state index contributed by atoms with van der Waals surface area (Å²) in [4.78, 5) is 23.5. The number of nitriles is 1. The zero-order valence-corrected chi connectivity index (χ0v) is 15.9. The molecule has 0 aromatic rings. The lowest BCUT2D eigenvalue weighted by Crippen LogP contribution is -2.33. The van der Waals surface area contributed by atoms with Crippen molar-refractivity contribution in [2.75, 3.05) is 6.54 Å². The fourth-order valence-electron chi connectivity index (χ4n) is 2.40. The fraction of sp³-hybridized carbons (Fsp3) is 0.842. The van der Waals surface area contributed by atoms with Crippen molar-refractivity contribution in [3.8, 4) is 6.07 Å². The first-order valence-electron chi connectivity index (χ1n) is 9.38. The van der Waals surface area contributed by atoms with Crippen molar-refractivity contribution in [1.82, 2.24) is 10.6 Å². The molecule has 0 bridgehead atoms. The van der Waals surface area contributed by atoms with Crippen molar-refractivity contribution < 1.29 is 9.59 Å². The average Bonchev–Trinajstić information content (AvgIpc) is 2.60. The molecule has 1 atom stereocenters. The van der Waals surface area contributed by atoms with Crippen LogP contribution in [0.25, 0.3) is 0 Å². The SMILES string of the molecule is CCC(CC)NC(=O)CCCCCNC(=O)CCC(C)(C#N)CC. The van der Waals surface area contributed by atoms with Crippen LogP contribution in [0.3, 0.4) is 0 Å². The maximum absolute atomic E-state index is 11.8. The molecule has 0 saturated carbocycles. The van der Waals surface area contributed by atoms with E-state index in [4.69, 9.17) is 5.26 Å². The van der Waals surface area contributed by atoms with E-state index in [0.29, 0.717) is 31.8 Å². The monoisotopic (exact) mass is 337 g/mol. The van der Waals surface area contributed by atoms with E-state index in [-0.39, 0.29) is 11.8 Å². The highest BCUT2D eigenvalue weighted by atomic mass is 16.2. The number of hydrogen-bond donors (Lipinski definition) is 2. The Morgan fingerprint density at radius 3 is 2.25 bits per heavy atom. The Morgan fingerprint density at radius 2 is 1.71 bits per heavy atom. The Hall–Kier alpha value is -1.57. The van der Waals surface area contributed by atoms with Crippen molar-refractivity contribution in [1.29, 1.82) is 5.26 Å². The molecule has 0 aromatic carbocycles. The first-order valence-corrected chi connectivity index (χ1v) is 9.38. The van der Waals surface area contributed by atoms with Crippen LogP contribution in [0.1, 0.15) is 85.5 Å². The number of carbonyl (C=O) groups excluding carboxylic acids is 2. The average molecular weight is 338 g/mol. The van der Waals surface area contributed by atoms with Crippen molar-refractivity contribution in [3.05, 3.63) is 0 Å². The highest BCUT2D eigenvalue weighted by Crippen LogP contribution is 2.25. The van der Waals surface area contributed by atoms with E-state index in [2.05, 4.69) is 30.6 Å². The third-order valence-corrected chi connectivity index (χ3v) is 4.71. The molecule has 0 fully saturated rings. The van der Waals surface area contributed by atoms with Gasteiger partial charge in [0.25, 0.3) is 0 Å². The van der Waals surface area contributed by atoms with E-state index in [9.17, 15) is 9.59 Å². The second-order valence-corrected chi connectivity index (χ2v) is 6.77. The molecule has 138 valence electrons. The Morgan fingerprint density at radius 1 is 1.04 bits per heavy atom. The summed E-state index contributed by atoms with van der Waals surface area (Å²) in [5.41, 5.74) is -0.403. The van der Waals surface area contributed by atoms with Crippen LogP contribution in [0.4, 0.5) is 0 Å². The predicted octanol–water partition coefficient (Wildman–Crippen LogP) is 3.69. The molecule has 5 nitrogen and oxygen atoms in total. The minimum Gasteiger partial charge on any atom is -0.356 e. The van der Waals surface area contributed by atoms with Gasteiger partial charge in [0.15, 0.2) is 0 Å². The van der Waals surface area contributed by atoms with E-state index in [1.54, 1.807) is 0 Å². The smallest absolute Gasteiger partial charge is 0.220 e. The molecule has 0 saturated heterocycles. The fourth-order valence-corrected chi connectivity index (χ4v) is 2.40. The summed E-state index contributed by atoms with van der Waals surface area (Å²) in [6.45, 7) is 8.67. The Kier molecular flexibility index (Phi) is 12.0. The summed E-state index contributed by atoms with van der Waals surface area (Å²) in [7, 11) is 0. The lowest BCUT2D eigenvalue weighted by Gasteiger charge is -2.18. The third-order valence-electron chi connectivity index (χ3n) is 4.71. The molecule has 0 aliphatic rings. The predicted molar refractivity (Wildman–Crippen MR) is 97.2 cm³/mol. The number of nitrogens with zero attached hydrogens (tertiary/aromatic N) is 1. The third kappa shape index (κ3) is 10.3. The number of nitrogens with one attached hydrogen (secondary N) is 2. The van der Waals surface area contributed by atoms with Crippen molar-refractivity contribution in [2.24, 2.45) is 5.41 Å². The Bertz CT molecular complexity index is 413. The van der Waals surface area contributed by atoms with Crippen LogP contribution in [0.2, 0.25) is 0 Å². The summed E-state index contributed by atoms with van der Waals surface area (Å²) in [6.07, 6.45) is 6.92. The van der Waals surface area contributed by atoms with E-state index in [1.807, 2.05) is 13.8 Å². The molecule has 0 aliphatic heterocycles. The minimum atomic E-state index is -0.403. The molecule has 0 spiro atoms. The number of unbranched alkanes of at least 4 members (excludes halogenated alkanes) is 2. The molecule has 0 rings (SSSR count). The van der Waals surface area contributed by atoms with Gasteiger partial charge in [-0.15, -0.1) is 0 Å². The van der Waals surface area contributed by atoms with Gasteiger partial charge in [0.05, 0.1) is 11.5 Å². The second-order valence-electron chi connectivity index (χ2n) is 6.77. The van der Waals surface area contributed by atoms with Gasteiger partial charge in [0, 0.05) is 25.4 Å². The number of amides is 2. The van der Waals surface area contributed by atoms with Gasteiger partial charge in [0.2, 0.25) is 11.8 Å². The summed E-state index contributed by atoms with van der Waals surface area (Å²) < 4.78 is 0. The van der Waals surface area contributed by atoms with Gasteiger partial charge >= 0.3 is 0 Å². The summed E-state index contributed by atoms with van der Waals surface area (Å²) >= 11 is 0.